The lowest BCUT2D eigenvalue weighted by Gasteiger charge is -2.06. The summed E-state index contributed by atoms with van der Waals surface area (Å²) in [5.41, 5.74) is 1.11. The lowest BCUT2D eigenvalue weighted by Crippen LogP contribution is -2.21. The Labute approximate surface area is 108 Å². The number of methoxy groups -OCH3 is 1. The van der Waals surface area contributed by atoms with Crippen LogP contribution in [0.4, 0.5) is 0 Å². The van der Waals surface area contributed by atoms with Crippen LogP contribution in [0.25, 0.3) is 0 Å². The molecule has 0 amide bonds. The minimum Gasteiger partial charge on any atom is -0.385 e. The van der Waals surface area contributed by atoms with E-state index in [4.69, 9.17) is 21.1 Å². The quantitative estimate of drug-likeness (QED) is 0.690. The maximum atomic E-state index is 5.88. The van der Waals surface area contributed by atoms with E-state index in [9.17, 15) is 0 Å². The third kappa shape index (κ3) is 7.34. The molecule has 0 aliphatic heterocycles. The predicted molar refractivity (Wildman–Crippen MR) is 70.5 cm³/mol. The Hall–Kier alpha value is -0.610. The average Bonchev–Trinajstić information content (AvgIpc) is 2.33. The van der Waals surface area contributed by atoms with Gasteiger partial charge in [0.15, 0.2) is 0 Å². The number of rotatable bonds is 9. The van der Waals surface area contributed by atoms with Gasteiger partial charge in [0.1, 0.15) is 0 Å². The molecule has 0 aromatic heterocycles. The number of hydrogen-bond acceptors (Lipinski definition) is 3. The summed E-state index contributed by atoms with van der Waals surface area (Å²) < 4.78 is 10.5. The highest BCUT2D eigenvalue weighted by molar-refractivity contribution is 6.30. The van der Waals surface area contributed by atoms with Gasteiger partial charge in [0.25, 0.3) is 0 Å². The van der Waals surface area contributed by atoms with Crippen LogP contribution in [0.3, 0.4) is 0 Å². The molecule has 0 aliphatic carbocycles. The van der Waals surface area contributed by atoms with Gasteiger partial charge in [-0.3, -0.25) is 0 Å². The zero-order chi connectivity index (χ0) is 12.3. The van der Waals surface area contributed by atoms with E-state index in [0.29, 0.717) is 13.2 Å². The van der Waals surface area contributed by atoms with Gasteiger partial charge in [0.05, 0.1) is 13.2 Å². The van der Waals surface area contributed by atoms with E-state index in [2.05, 4.69) is 5.32 Å². The molecule has 0 radical (unpaired) electrons. The molecule has 0 saturated heterocycles. The van der Waals surface area contributed by atoms with E-state index in [1.807, 2.05) is 24.3 Å². The van der Waals surface area contributed by atoms with Gasteiger partial charge >= 0.3 is 0 Å². The molecule has 4 heteroatoms. The largest absolute Gasteiger partial charge is 0.385 e. The van der Waals surface area contributed by atoms with Gasteiger partial charge in [-0.2, -0.15) is 0 Å². The first-order valence-corrected chi connectivity index (χ1v) is 6.22. The van der Waals surface area contributed by atoms with Gasteiger partial charge in [-0.1, -0.05) is 23.7 Å². The van der Waals surface area contributed by atoms with Crippen LogP contribution in [0.1, 0.15) is 12.0 Å². The Morgan fingerprint density at radius 3 is 2.88 bits per heavy atom. The maximum Gasteiger partial charge on any atom is 0.0718 e. The Morgan fingerprint density at radius 1 is 1.24 bits per heavy atom. The number of benzene rings is 1. The first-order chi connectivity index (χ1) is 8.33. The smallest absolute Gasteiger partial charge is 0.0718 e. The SMILES string of the molecule is COCCCNCCOCc1cccc(Cl)c1. The second-order valence-electron chi connectivity index (χ2n) is 3.78. The summed E-state index contributed by atoms with van der Waals surface area (Å²) in [5, 5.41) is 4.04. The van der Waals surface area contributed by atoms with Crippen LogP contribution in [0.2, 0.25) is 5.02 Å². The van der Waals surface area contributed by atoms with Crippen molar-refractivity contribution in [2.24, 2.45) is 0 Å². The van der Waals surface area contributed by atoms with Crippen molar-refractivity contribution in [3.05, 3.63) is 34.9 Å². The fraction of sp³-hybridized carbons (Fsp3) is 0.538. The van der Waals surface area contributed by atoms with E-state index in [1.54, 1.807) is 7.11 Å². The fourth-order valence-electron chi connectivity index (χ4n) is 1.43. The van der Waals surface area contributed by atoms with Crippen LogP contribution in [0, 0.1) is 0 Å². The highest BCUT2D eigenvalue weighted by atomic mass is 35.5. The number of nitrogens with one attached hydrogen (secondary N) is 1. The van der Waals surface area contributed by atoms with Crippen molar-refractivity contribution in [3.8, 4) is 0 Å². The third-order valence-corrected chi connectivity index (χ3v) is 2.52. The first kappa shape index (κ1) is 14.5. The van der Waals surface area contributed by atoms with Crippen molar-refractivity contribution in [2.45, 2.75) is 13.0 Å². The van der Waals surface area contributed by atoms with E-state index in [-0.39, 0.29) is 0 Å². The maximum absolute atomic E-state index is 5.88. The molecule has 1 N–H and O–H groups in total. The van der Waals surface area contributed by atoms with Crippen LogP contribution < -0.4 is 5.32 Å². The van der Waals surface area contributed by atoms with Crippen LogP contribution in [-0.2, 0) is 16.1 Å². The Morgan fingerprint density at radius 2 is 2.12 bits per heavy atom. The summed E-state index contributed by atoms with van der Waals surface area (Å²) in [5.74, 6) is 0. The molecule has 96 valence electrons. The standard InChI is InChI=1S/C13H20ClNO2/c1-16-8-3-6-15-7-9-17-11-12-4-2-5-13(14)10-12/h2,4-5,10,15H,3,6-9,11H2,1H3. The van der Waals surface area contributed by atoms with Crippen molar-refractivity contribution in [3.63, 3.8) is 0 Å². The Kier molecular flexibility index (Phi) is 8.01. The fourth-order valence-corrected chi connectivity index (χ4v) is 1.64. The van der Waals surface area contributed by atoms with E-state index in [0.717, 1.165) is 36.7 Å². The van der Waals surface area contributed by atoms with Gasteiger partial charge in [-0.25, -0.2) is 0 Å². The molecule has 0 spiro atoms. The lowest BCUT2D eigenvalue weighted by atomic mass is 10.2. The van der Waals surface area contributed by atoms with Crippen LogP contribution in [0.15, 0.2) is 24.3 Å². The van der Waals surface area contributed by atoms with E-state index in [1.165, 1.54) is 0 Å². The molecule has 0 unspecified atom stereocenters. The van der Waals surface area contributed by atoms with Crippen LogP contribution in [-0.4, -0.2) is 33.4 Å². The van der Waals surface area contributed by atoms with Crippen molar-refractivity contribution in [1.29, 1.82) is 0 Å². The summed E-state index contributed by atoms with van der Waals surface area (Å²) in [7, 11) is 1.72. The molecule has 0 saturated carbocycles. The zero-order valence-corrected chi connectivity index (χ0v) is 11.0. The molecule has 17 heavy (non-hydrogen) atoms. The predicted octanol–water partition coefficient (Wildman–Crippen LogP) is 2.48. The Balaban J connectivity index is 1.97. The molecule has 0 aliphatic rings. The molecule has 1 rings (SSSR count). The summed E-state index contributed by atoms with van der Waals surface area (Å²) in [6, 6.07) is 7.73. The molecule has 0 fully saturated rings. The minimum atomic E-state index is 0.611. The second kappa shape index (κ2) is 9.42. The van der Waals surface area contributed by atoms with Gasteiger partial charge in [-0.15, -0.1) is 0 Å². The normalized spacial score (nSPS) is 10.7. The van der Waals surface area contributed by atoms with Gasteiger partial charge in [0, 0.05) is 25.3 Å². The minimum absolute atomic E-state index is 0.611. The lowest BCUT2D eigenvalue weighted by molar-refractivity contribution is 0.122. The van der Waals surface area contributed by atoms with Gasteiger partial charge in [0.2, 0.25) is 0 Å². The summed E-state index contributed by atoms with van der Waals surface area (Å²) in [6.45, 7) is 3.95. The number of halogens is 1. The Bertz CT molecular complexity index is 307. The molecular weight excluding hydrogens is 238 g/mol. The monoisotopic (exact) mass is 257 g/mol. The molecule has 0 atom stereocenters. The molecular formula is C13H20ClNO2. The summed E-state index contributed by atoms with van der Waals surface area (Å²) in [4.78, 5) is 0. The third-order valence-electron chi connectivity index (χ3n) is 2.28. The number of ether oxygens (including phenoxy) is 2. The summed E-state index contributed by atoms with van der Waals surface area (Å²) in [6.07, 6.45) is 1.03. The molecule has 0 heterocycles. The summed E-state index contributed by atoms with van der Waals surface area (Å²) >= 11 is 5.88. The van der Waals surface area contributed by atoms with Gasteiger partial charge in [-0.05, 0) is 30.7 Å². The second-order valence-corrected chi connectivity index (χ2v) is 4.22. The topological polar surface area (TPSA) is 30.5 Å². The molecule has 1 aromatic carbocycles. The zero-order valence-electron chi connectivity index (χ0n) is 10.2. The van der Waals surface area contributed by atoms with Crippen molar-refractivity contribution in [1.82, 2.24) is 5.32 Å². The first-order valence-electron chi connectivity index (χ1n) is 5.85. The highest BCUT2D eigenvalue weighted by Crippen LogP contribution is 2.11. The van der Waals surface area contributed by atoms with Crippen LogP contribution in [0.5, 0.6) is 0 Å². The van der Waals surface area contributed by atoms with Crippen LogP contribution >= 0.6 is 11.6 Å². The number of hydrogen-bond donors (Lipinski definition) is 1. The van der Waals surface area contributed by atoms with E-state index < -0.39 is 0 Å². The van der Waals surface area contributed by atoms with Gasteiger partial charge < -0.3 is 14.8 Å². The highest BCUT2D eigenvalue weighted by Gasteiger charge is 1.94. The van der Waals surface area contributed by atoms with Crippen molar-refractivity contribution >= 4 is 11.6 Å². The van der Waals surface area contributed by atoms with E-state index >= 15 is 0 Å². The molecule has 3 nitrogen and oxygen atoms in total. The molecule has 0 bridgehead atoms. The van der Waals surface area contributed by atoms with Crippen molar-refractivity contribution < 1.29 is 9.47 Å². The average molecular weight is 258 g/mol. The van der Waals surface area contributed by atoms with Crippen molar-refractivity contribution in [2.75, 3.05) is 33.4 Å². The molecule has 1 aromatic rings.